The molecule has 152 valence electrons. The maximum Gasteiger partial charge on any atom is 0.264 e. The lowest BCUT2D eigenvalue weighted by atomic mass is 10.3. The highest BCUT2D eigenvalue weighted by molar-refractivity contribution is 7.92. The highest BCUT2D eigenvalue weighted by atomic mass is 35.5. The second kappa shape index (κ2) is 7.95. The Labute approximate surface area is 179 Å². The summed E-state index contributed by atoms with van der Waals surface area (Å²) >= 11 is 12.1. The molecule has 3 aromatic rings. The van der Waals surface area contributed by atoms with E-state index in [9.17, 15) is 8.42 Å². The van der Waals surface area contributed by atoms with Crippen LogP contribution in [-0.4, -0.2) is 56.5 Å². The van der Waals surface area contributed by atoms with Crippen molar-refractivity contribution in [2.45, 2.75) is 4.90 Å². The van der Waals surface area contributed by atoms with E-state index in [0.717, 1.165) is 26.2 Å². The first-order valence-electron chi connectivity index (χ1n) is 9.02. The zero-order valence-corrected chi connectivity index (χ0v) is 18.0. The molecule has 4 rings (SSSR count). The molecule has 1 fully saturated rings. The maximum absolute atomic E-state index is 13.0. The molecule has 0 radical (unpaired) electrons. The van der Waals surface area contributed by atoms with Crippen LogP contribution in [0.3, 0.4) is 0 Å². The van der Waals surface area contributed by atoms with E-state index in [1.54, 1.807) is 6.07 Å². The fourth-order valence-corrected chi connectivity index (χ4v) is 4.93. The van der Waals surface area contributed by atoms with Gasteiger partial charge in [0.2, 0.25) is 0 Å². The molecule has 1 aliphatic heterocycles. The van der Waals surface area contributed by atoms with Crippen LogP contribution in [0.2, 0.25) is 10.0 Å². The molecular formula is C19H19Cl2N5O2S. The summed E-state index contributed by atoms with van der Waals surface area (Å²) in [5, 5.41) is 0.357. The summed E-state index contributed by atoms with van der Waals surface area (Å²) in [5.41, 5.74) is 1.30. The number of sulfonamides is 1. The largest absolute Gasteiger partial charge is 0.351 e. The van der Waals surface area contributed by atoms with E-state index in [2.05, 4.69) is 14.6 Å². The fourth-order valence-electron chi connectivity index (χ4n) is 3.16. The zero-order valence-electron chi connectivity index (χ0n) is 15.6. The van der Waals surface area contributed by atoms with Crippen LogP contribution in [0.4, 0.5) is 11.6 Å². The second-order valence-electron chi connectivity index (χ2n) is 6.86. The van der Waals surface area contributed by atoms with Crippen LogP contribution < -0.4 is 9.62 Å². The molecular weight excluding hydrogens is 433 g/mol. The Morgan fingerprint density at radius 1 is 0.966 bits per heavy atom. The van der Waals surface area contributed by atoms with E-state index < -0.39 is 10.0 Å². The number of nitrogens with one attached hydrogen (secondary N) is 1. The van der Waals surface area contributed by atoms with Crippen LogP contribution in [0.25, 0.3) is 11.0 Å². The number of para-hydroxylation sites is 2. The quantitative estimate of drug-likeness (QED) is 0.653. The van der Waals surface area contributed by atoms with Gasteiger partial charge in [-0.05, 0) is 37.4 Å². The molecule has 1 saturated heterocycles. The lowest BCUT2D eigenvalue weighted by Gasteiger charge is -2.34. The monoisotopic (exact) mass is 451 g/mol. The van der Waals surface area contributed by atoms with Gasteiger partial charge in [0.25, 0.3) is 10.0 Å². The van der Waals surface area contributed by atoms with E-state index in [1.807, 2.05) is 30.1 Å². The van der Waals surface area contributed by atoms with Gasteiger partial charge in [0, 0.05) is 31.2 Å². The van der Waals surface area contributed by atoms with Gasteiger partial charge < -0.3 is 9.80 Å². The van der Waals surface area contributed by atoms with Gasteiger partial charge in [-0.25, -0.2) is 18.4 Å². The molecule has 0 atom stereocenters. The molecule has 1 aromatic heterocycles. The summed E-state index contributed by atoms with van der Waals surface area (Å²) in [7, 11) is -1.96. The Kier molecular flexibility index (Phi) is 5.52. The molecule has 0 unspecified atom stereocenters. The van der Waals surface area contributed by atoms with Gasteiger partial charge in [0.05, 0.1) is 16.1 Å². The van der Waals surface area contributed by atoms with E-state index in [-0.39, 0.29) is 20.8 Å². The number of likely N-dealkylation sites (N-methyl/N-ethyl adjacent to an activating group) is 1. The maximum atomic E-state index is 13.0. The molecule has 29 heavy (non-hydrogen) atoms. The second-order valence-corrected chi connectivity index (χ2v) is 9.35. The van der Waals surface area contributed by atoms with Crippen LogP contribution in [0.1, 0.15) is 0 Å². The highest BCUT2D eigenvalue weighted by Gasteiger charge is 2.25. The molecule has 0 aliphatic carbocycles. The zero-order chi connectivity index (χ0) is 20.6. The molecule has 7 nitrogen and oxygen atoms in total. The van der Waals surface area contributed by atoms with Gasteiger partial charge in [-0.1, -0.05) is 35.3 Å². The van der Waals surface area contributed by atoms with Crippen molar-refractivity contribution >= 4 is 55.9 Å². The van der Waals surface area contributed by atoms with Crippen molar-refractivity contribution in [2.24, 2.45) is 0 Å². The summed E-state index contributed by atoms with van der Waals surface area (Å²) in [6.07, 6.45) is 0. The Balaban J connectivity index is 1.79. The smallest absolute Gasteiger partial charge is 0.264 e. The SMILES string of the molecule is CN1CCN(c2nc3ccccc3nc2NS(=O)(=O)c2cc(Cl)ccc2Cl)CC1. The van der Waals surface area contributed by atoms with Crippen LogP contribution >= 0.6 is 23.2 Å². The topological polar surface area (TPSA) is 78.4 Å². The number of piperazine rings is 1. The molecule has 2 aromatic carbocycles. The van der Waals surface area contributed by atoms with E-state index in [4.69, 9.17) is 28.2 Å². The molecule has 0 amide bonds. The first-order chi connectivity index (χ1) is 13.8. The predicted octanol–water partition coefficient (Wildman–Crippen LogP) is 3.49. The minimum atomic E-state index is -4.01. The minimum Gasteiger partial charge on any atom is -0.351 e. The van der Waals surface area contributed by atoms with Gasteiger partial charge in [-0.15, -0.1) is 0 Å². The molecule has 1 aliphatic rings. The van der Waals surface area contributed by atoms with Crippen molar-refractivity contribution < 1.29 is 8.42 Å². The number of hydrogen-bond donors (Lipinski definition) is 1. The lowest BCUT2D eigenvalue weighted by Crippen LogP contribution is -2.45. The van der Waals surface area contributed by atoms with E-state index in [1.165, 1.54) is 18.2 Å². The molecule has 0 saturated carbocycles. The summed E-state index contributed by atoms with van der Waals surface area (Å²) in [6.45, 7) is 3.13. The van der Waals surface area contributed by atoms with E-state index in [0.29, 0.717) is 16.9 Å². The molecule has 2 heterocycles. The Bertz CT molecular complexity index is 1160. The average molecular weight is 452 g/mol. The Morgan fingerprint density at radius 3 is 2.31 bits per heavy atom. The number of aromatic nitrogens is 2. The van der Waals surface area contributed by atoms with Crippen molar-refractivity contribution in [3.8, 4) is 0 Å². The van der Waals surface area contributed by atoms with Crippen LogP contribution in [0.15, 0.2) is 47.4 Å². The third-order valence-electron chi connectivity index (χ3n) is 4.77. The number of rotatable bonds is 4. The van der Waals surface area contributed by atoms with Crippen LogP contribution in [0.5, 0.6) is 0 Å². The van der Waals surface area contributed by atoms with Crippen molar-refractivity contribution in [3.05, 3.63) is 52.5 Å². The highest BCUT2D eigenvalue weighted by Crippen LogP contribution is 2.31. The summed E-state index contributed by atoms with van der Waals surface area (Å²) in [5.74, 6) is 0.669. The number of fused-ring (bicyclic) bond motifs is 1. The summed E-state index contributed by atoms with van der Waals surface area (Å²) in [4.78, 5) is 13.4. The predicted molar refractivity (Wildman–Crippen MR) is 117 cm³/mol. The lowest BCUT2D eigenvalue weighted by molar-refractivity contribution is 0.312. The third-order valence-corrected chi connectivity index (χ3v) is 6.82. The number of benzene rings is 2. The first-order valence-corrected chi connectivity index (χ1v) is 11.3. The summed E-state index contributed by atoms with van der Waals surface area (Å²) in [6, 6.07) is 11.7. The van der Waals surface area contributed by atoms with E-state index >= 15 is 0 Å². The fraction of sp³-hybridized carbons (Fsp3) is 0.263. The summed E-state index contributed by atoms with van der Waals surface area (Å²) < 4.78 is 28.7. The van der Waals surface area contributed by atoms with Gasteiger partial charge in [-0.3, -0.25) is 4.72 Å². The Morgan fingerprint density at radius 2 is 1.62 bits per heavy atom. The van der Waals surface area contributed by atoms with Crippen molar-refractivity contribution in [2.75, 3.05) is 42.8 Å². The van der Waals surface area contributed by atoms with Gasteiger partial charge in [0.1, 0.15) is 4.90 Å². The number of hydrogen-bond acceptors (Lipinski definition) is 6. The van der Waals surface area contributed by atoms with Crippen molar-refractivity contribution in [1.82, 2.24) is 14.9 Å². The molecule has 1 N–H and O–H groups in total. The number of anilines is 2. The van der Waals surface area contributed by atoms with Crippen molar-refractivity contribution in [3.63, 3.8) is 0 Å². The van der Waals surface area contributed by atoms with Gasteiger partial charge in [-0.2, -0.15) is 0 Å². The number of halogens is 2. The third kappa shape index (κ3) is 4.25. The first kappa shape index (κ1) is 20.2. The average Bonchev–Trinajstić information content (AvgIpc) is 2.69. The number of nitrogens with zero attached hydrogens (tertiary/aromatic N) is 4. The molecule has 0 bridgehead atoms. The van der Waals surface area contributed by atoms with Gasteiger partial charge in [0.15, 0.2) is 11.6 Å². The normalized spacial score (nSPS) is 15.6. The molecule has 10 heteroatoms. The van der Waals surface area contributed by atoms with Crippen LogP contribution in [0, 0.1) is 0 Å². The van der Waals surface area contributed by atoms with Crippen molar-refractivity contribution in [1.29, 1.82) is 0 Å². The van der Waals surface area contributed by atoms with Gasteiger partial charge >= 0.3 is 0 Å². The minimum absolute atomic E-state index is 0.0804. The standard InChI is InChI=1S/C19H19Cl2N5O2S/c1-25-8-10-26(11-9-25)19-18(22-15-4-2-3-5-16(15)23-19)24-29(27,28)17-12-13(20)6-7-14(17)21/h2-7,12H,8-11H2,1H3,(H,22,24). The van der Waals surface area contributed by atoms with Crippen LogP contribution in [-0.2, 0) is 10.0 Å². The Hall–Kier alpha value is -2.13. The molecule has 0 spiro atoms.